The molecular weight excluding hydrogens is 244 g/mol. The maximum atomic E-state index is 5.83. The lowest BCUT2D eigenvalue weighted by atomic mass is 9.93. The molecule has 0 atom stereocenters. The first kappa shape index (κ1) is 14.9. The summed E-state index contributed by atoms with van der Waals surface area (Å²) in [4.78, 5) is 4.70. The van der Waals surface area contributed by atoms with Crippen LogP contribution in [0, 0.1) is 19.3 Å². The Hall–Kier alpha value is -1.16. The minimum absolute atomic E-state index is 0.251. The van der Waals surface area contributed by atoms with Crippen molar-refractivity contribution >= 4 is 17.2 Å². The number of rotatable bonds is 4. The van der Waals surface area contributed by atoms with Gasteiger partial charge in [-0.2, -0.15) is 0 Å². The summed E-state index contributed by atoms with van der Waals surface area (Å²) in [5, 5.41) is 0. The lowest BCUT2D eigenvalue weighted by Crippen LogP contribution is -2.17. The van der Waals surface area contributed by atoms with Crippen LogP contribution in [0.2, 0.25) is 0 Å². The summed E-state index contributed by atoms with van der Waals surface area (Å²) in [5.74, 6) is 0.747. The monoisotopic (exact) mass is 266 g/mol. The Labute approximate surface area is 115 Å². The molecule has 1 aromatic rings. The van der Waals surface area contributed by atoms with Crippen molar-refractivity contribution in [1.82, 2.24) is 4.98 Å². The van der Waals surface area contributed by atoms with Crippen LogP contribution in [0.1, 0.15) is 44.1 Å². The van der Waals surface area contributed by atoms with Crippen LogP contribution >= 0.6 is 12.2 Å². The molecule has 0 bridgehead atoms. The summed E-state index contributed by atoms with van der Waals surface area (Å²) in [7, 11) is 0. The molecule has 4 heteroatoms. The molecule has 0 fully saturated rings. The number of thiocarbonyl (C=S) groups is 1. The van der Waals surface area contributed by atoms with Crippen molar-refractivity contribution < 1.29 is 4.74 Å². The molecule has 0 aliphatic rings. The van der Waals surface area contributed by atoms with Crippen LogP contribution in [0.5, 0.6) is 5.75 Å². The summed E-state index contributed by atoms with van der Waals surface area (Å²) in [5.41, 5.74) is 8.48. The van der Waals surface area contributed by atoms with Gasteiger partial charge in [-0.3, -0.25) is 4.98 Å². The van der Waals surface area contributed by atoms with Gasteiger partial charge in [0.2, 0.25) is 0 Å². The number of ether oxygens (including phenoxy) is 1. The summed E-state index contributed by atoms with van der Waals surface area (Å²) in [6.07, 6.45) is 0.976. The molecule has 0 aromatic carbocycles. The zero-order valence-electron chi connectivity index (χ0n) is 11.8. The van der Waals surface area contributed by atoms with E-state index >= 15 is 0 Å². The van der Waals surface area contributed by atoms with Crippen molar-refractivity contribution in [2.24, 2.45) is 11.1 Å². The van der Waals surface area contributed by atoms with Crippen LogP contribution in [-0.4, -0.2) is 16.6 Å². The van der Waals surface area contributed by atoms with E-state index in [4.69, 9.17) is 22.7 Å². The van der Waals surface area contributed by atoms with Gasteiger partial charge in [-0.05, 0) is 25.7 Å². The third-order valence-electron chi connectivity index (χ3n) is 2.65. The molecule has 0 unspecified atom stereocenters. The summed E-state index contributed by atoms with van der Waals surface area (Å²) in [6, 6.07) is 1.89. The first-order chi connectivity index (χ1) is 8.20. The SMILES string of the molecule is Cc1cc(OCCC(C)(C)C)c(C(N)=S)c(C)n1. The highest BCUT2D eigenvalue weighted by Crippen LogP contribution is 2.24. The van der Waals surface area contributed by atoms with Crippen LogP contribution in [0.3, 0.4) is 0 Å². The molecule has 0 spiro atoms. The van der Waals surface area contributed by atoms with E-state index in [2.05, 4.69) is 25.8 Å². The fraction of sp³-hybridized carbons (Fsp3) is 0.571. The standard InChI is InChI=1S/C14H22N2OS/c1-9-8-11(17-7-6-14(3,4)5)12(13(15)18)10(2)16-9/h8H,6-7H2,1-5H3,(H2,15,18). The number of hydrogen-bond donors (Lipinski definition) is 1. The van der Waals surface area contributed by atoms with Crippen molar-refractivity contribution in [2.45, 2.75) is 41.0 Å². The smallest absolute Gasteiger partial charge is 0.133 e. The number of pyridine rings is 1. The molecule has 2 N–H and O–H groups in total. The number of hydrogen-bond acceptors (Lipinski definition) is 3. The minimum Gasteiger partial charge on any atom is -0.493 e. The second-order valence-corrected chi connectivity index (χ2v) is 6.19. The Kier molecular flexibility index (Phi) is 4.68. The predicted octanol–water partition coefficient (Wildman–Crippen LogP) is 3.15. The molecular formula is C14H22N2OS. The van der Waals surface area contributed by atoms with E-state index in [0.717, 1.165) is 29.1 Å². The van der Waals surface area contributed by atoms with Gasteiger partial charge < -0.3 is 10.5 Å². The Bertz CT molecular complexity index is 450. The average Bonchev–Trinajstić information content (AvgIpc) is 2.13. The summed E-state index contributed by atoms with van der Waals surface area (Å²) in [6.45, 7) is 11.1. The Morgan fingerprint density at radius 2 is 2.00 bits per heavy atom. The van der Waals surface area contributed by atoms with Gasteiger partial charge in [0.1, 0.15) is 10.7 Å². The quantitative estimate of drug-likeness (QED) is 0.851. The molecule has 18 heavy (non-hydrogen) atoms. The third-order valence-corrected chi connectivity index (χ3v) is 2.85. The van der Waals surface area contributed by atoms with Crippen molar-refractivity contribution in [3.8, 4) is 5.75 Å². The van der Waals surface area contributed by atoms with E-state index in [-0.39, 0.29) is 5.41 Å². The predicted molar refractivity (Wildman–Crippen MR) is 79.2 cm³/mol. The molecule has 0 radical (unpaired) electrons. The average molecular weight is 266 g/mol. The van der Waals surface area contributed by atoms with Crippen molar-refractivity contribution in [3.05, 3.63) is 23.0 Å². The van der Waals surface area contributed by atoms with Crippen LogP contribution in [0.15, 0.2) is 6.07 Å². The van der Waals surface area contributed by atoms with E-state index in [1.54, 1.807) is 0 Å². The van der Waals surface area contributed by atoms with E-state index in [1.165, 1.54) is 0 Å². The van der Waals surface area contributed by atoms with Gasteiger partial charge in [0.05, 0.1) is 17.9 Å². The number of aromatic nitrogens is 1. The number of nitrogens with two attached hydrogens (primary N) is 1. The lowest BCUT2D eigenvalue weighted by Gasteiger charge is -2.19. The molecule has 3 nitrogen and oxygen atoms in total. The molecule has 100 valence electrons. The Morgan fingerprint density at radius 3 is 2.50 bits per heavy atom. The molecule has 1 heterocycles. The largest absolute Gasteiger partial charge is 0.493 e. The molecule has 0 saturated carbocycles. The first-order valence-corrected chi connectivity index (χ1v) is 6.52. The minimum atomic E-state index is 0.251. The molecule has 0 aliphatic heterocycles. The first-order valence-electron chi connectivity index (χ1n) is 6.11. The van der Waals surface area contributed by atoms with Crippen molar-refractivity contribution in [2.75, 3.05) is 6.61 Å². The van der Waals surface area contributed by atoms with Gasteiger partial charge in [0, 0.05) is 11.8 Å². The maximum Gasteiger partial charge on any atom is 0.133 e. The normalized spacial score (nSPS) is 11.4. The van der Waals surface area contributed by atoms with Crippen LogP contribution in [0.25, 0.3) is 0 Å². The van der Waals surface area contributed by atoms with Crippen LogP contribution in [-0.2, 0) is 0 Å². The number of aryl methyl sites for hydroxylation is 2. The highest BCUT2D eigenvalue weighted by Gasteiger charge is 2.14. The van der Waals surface area contributed by atoms with Gasteiger partial charge in [-0.15, -0.1) is 0 Å². The molecule has 1 aromatic heterocycles. The van der Waals surface area contributed by atoms with E-state index < -0.39 is 0 Å². The van der Waals surface area contributed by atoms with Crippen molar-refractivity contribution in [1.29, 1.82) is 0 Å². The highest BCUT2D eigenvalue weighted by molar-refractivity contribution is 7.80. The second kappa shape index (κ2) is 5.65. The van der Waals surface area contributed by atoms with Crippen LogP contribution in [0.4, 0.5) is 0 Å². The highest BCUT2D eigenvalue weighted by atomic mass is 32.1. The van der Waals surface area contributed by atoms with E-state index in [9.17, 15) is 0 Å². The van der Waals surface area contributed by atoms with Gasteiger partial charge in [0.25, 0.3) is 0 Å². The third kappa shape index (κ3) is 4.26. The van der Waals surface area contributed by atoms with Crippen LogP contribution < -0.4 is 10.5 Å². The lowest BCUT2D eigenvalue weighted by molar-refractivity contribution is 0.242. The molecule has 0 amide bonds. The maximum absolute atomic E-state index is 5.83. The molecule has 0 aliphatic carbocycles. The zero-order valence-corrected chi connectivity index (χ0v) is 12.6. The van der Waals surface area contributed by atoms with E-state index in [1.807, 2.05) is 19.9 Å². The number of nitrogens with zero attached hydrogens (tertiary/aromatic N) is 1. The Balaban J connectivity index is 2.90. The fourth-order valence-electron chi connectivity index (χ4n) is 1.67. The topological polar surface area (TPSA) is 48.1 Å². The van der Waals surface area contributed by atoms with Gasteiger partial charge in [-0.25, -0.2) is 0 Å². The summed E-state index contributed by atoms with van der Waals surface area (Å²) < 4.78 is 5.83. The second-order valence-electron chi connectivity index (χ2n) is 5.75. The van der Waals surface area contributed by atoms with Crippen molar-refractivity contribution in [3.63, 3.8) is 0 Å². The zero-order chi connectivity index (χ0) is 13.9. The van der Waals surface area contributed by atoms with Gasteiger partial charge >= 0.3 is 0 Å². The molecule has 0 saturated heterocycles. The van der Waals surface area contributed by atoms with E-state index in [0.29, 0.717) is 11.6 Å². The Morgan fingerprint density at radius 1 is 1.39 bits per heavy atom. The fourth-order valence-corrected chi connectivity index (χ4v) is 1.92. The molecule has 1 rings (SSSR count). The van der Waals surface area contributed by atoms with Gasteiger partial charge in [-0.1, -0.05) is 33.0 Å². The van der Waals surface area contributed by atoms with Gasteiger partial charge in [0.15, 0.2) is 0 Å². The summed E-state index contributed by atoms with van der Waals surface area (Å²) >= 11 is 5.06.